The van der Waals surface area contributed by atoms with Crippen LogP contribution in [-0.2, 0) is 19.2 Å². The zero-order valence-corrected chi connectivity index (χ0v) is 34.5. The van der Waals surface area contributed by atoms with Crippen LogP contribution >= 0.6 is 11.9 Å². The summed E-state index contributed by atoms with van der Waals surface area (Å²) in [6, 6.07) is 2.57. The normalized spacial score (nSPS) is 15.7. The zero-order valence-electron chi connectivity index (χ0n) is 33.7. The van der Waals surface area contributed by atoms with Crippen molar-refractivity contribution >= 4 is 41.5 Å². The highest BCUT2D eigenvalue weighted by Gasteiger charge is 2.40. The highest BCUT2D eigenvalue weighted by molar-refractivity contribution is 7.97. The van der Waals surface area contributed by atoms with Crippen molar-refractivity contribution in [2.45, 2.75) is 131 Å². The lowest BCUT2D eigenvalue weighted by atomic mass is 9.86. The van der Waals surface area contributed by atoms with Crippen molar-refractivity contribution in [1.29, 1.82) is 0 Å². The van der Waals surface area contributed by atoms with E-state index in [0.29, 0.717) is 25.9 Å². The molecule has 1 aromatic carbocycles. The molecule has 52 heavy (non-hydrogen) atoms. The van der Waals surface area contributed by atoms with Crippen molar-refractivity contribution in [3.8, 4) is 0 Å². The number of amides is 5. The number of ketones is 1. The van der Waals surface area contributed by atoms with Crippen molar-refractivity contribution in [2.24, 2.45) is 17.3 Å². The van der Waals surface area contributed by atoms with Gasteiger partial charge in [0.05, 0.1) is 6.04 Å². The molecule has 296 valence electrons. The second-order valence-corrected chi connectivity index (χ2v) is 15.8. The summed E-state index contributed by atoms with van der Waals surface area (Å²) >= 11 is 1.43. The largest absolute Gasteiger partial charge is 0.346 e. The standard InChI is InChI=1S/C34H53FN6O5S.C3H8.C2H6/c1-10-17-36-31(44)29(42)25(19-21(2)3)37-30(43)26-12-11-18-41(26)32(45)28(22(4)5)39-33(46)38-27(34(6,7)8)20-40(9)47-24-15-13-23(35)14-16-24;1-3-2;1-2/h10,13-16,21-22,25-28H,1,11-12,17-20H2,2-9H3,(H,36,44)(H,37,43)(H2,38,39,46);3H2,1-2H3;1-2H3. The predicted octanol–water partition coefficient (Wildman–Crippen LogP) is 6.34. The highest BCUT2D eigenvalue weighted by Crippen LogP contribution is 2.26. The van der Waals surface area contributed by atoms with Gasteiger partial charge in [0, 0.05) is 30.6 Å². The van der Waals surface area contributed by atoms with Crippen LogP contribution < -0.4 is 21.3 Å². The summed E-state index contributed by atoms with van der Waals surface area (Å²) in [5.41, 5.74) is -0.336. The lowest BCUT2D eigenvalue weighted by Crippen LogP contribution is -2.60. The van der Waals surface area contributed by atoms with Gasteiger partial charge in [-0.1, -0.05) is 88.7 Å². The maximum Gasteiger partial charge on any atom is 0.315 e. The molecule has 1 aromatic rings. The number of urea groups is 1. The molecule has 0 radical (unpaired) electrons. The number of carbonyl (C=O) groups excluding carboxylic acids is 5. The van der Waals surface area contributed by atoms with E-state index in [1.807, 2.05) is 73.7 Å². The minimum atomic E-state index is -1.04. The summed E-state index contributed by atoms with van der Waals surface area (Å²) in [5.74, 6) is -3.03. The van der Waals surface area contributed by atoms with Crippen LogP contribution in [0.3, 0.4) is 0 Å². The van der Waals surface area contributed by atoms with Gasteiger partial charge in [0.15, 0.2) is 0 Å². The fourth-order valence-electron chi connectivity index (χ4n) is 5.22. The Morgan fingerprint density at radius 2 is 1.60 bits per heavy atom. The highest BCUT2D eigenvalue weighted by atomic mass is 32.2. The van der Waals surface area contributed by atoms with Gasteiger partial charge in [-0.3, -0.25) is 19.2 Å². The molecular formula is C39H67FN6O5S. The first kappa shape index (κ1) is 48.5. The van der Waals surface area contributed by atoms with Crippen LogP contribution in [0.1, 0.15) is 102 Å². The first-order valence-electron chi connectivity index (χ1n) is 18.6. The minimum absolute atomic E-state index is 0.0176. The molecule has 1 saturated heterocycles. The molecule has 4 N–H and O–H groups in total. The predicted molar refractivity (Wildman–Crippen MR) is 210 cm³/mol. The number of carbonyl (C=O) groups is 5. The number of benzene rings is 1. The number of nitrogens with one attached hydrogen (secondary N) is 4. The maximum atomic E-state index is 13.9. The van der Waals surface area contributed by atoms with Crippen LogP contribution in [0.4, 0.5) is 9.18 Å². The molecular weight excluding hydrogens is 684 g/mol. The van der Waals surface area contributed by atoms with Crippen LogP contribution in [-0.4, -0.2) is 89.6 Å². The van der Waals surface area contributed by atoms with Crippen LogP contribution in [0.2, 0.25) is 0 Å². The van der Waals surface area contributed by atoms with Crippen molar-refractivity contribution in [3.63, 3.8) is 0 Å². The van der Waals surface area contributed by atoms with E-state index in [2.05, 4.69) is 41.7 Å². The second kappa shape index (κ2) is 24.7. The average molecular weight is 751 g/mol. The number of rotatable bonds is 16. The number of hydrogen-bond donors (Lipinski definition) is 4. The molecule has 1 aliphatic heterocycles. The molecule has 13 heteroatoms. The molecule has 5 amide bonds. The number of halogens is 1. The molecule has 0 aromatic heterocycles. The first-order chi connectivity index (χ1) is 24.4. The Balaban J connectivity index is 0.00000493. The number of Topliss-reactive ketones (excluding diaryl/α,β-unsaturated/α-hetero) is 1. The monoisotopic (exact) mass is 750 g/mol. The Bertz CT molecular complexity index is 1270. The topological polar surface area (TPSA) is 140 Å². The van der Waals surface area contributed by atoms with Crippen molar-refractivity contribution < 1.29 is 28.4 Å². The van der Waals surface area contributed by atoms with Crippen LogP contribution in [0, 0.1) is 23.1 Å². The lowest BCUT2D eigenvalue weighted by molar-refractivity contribution is -0.143. The Kier molecular flexibility index (Phi) is 23.1. The minimum Gasteiger partial charge on any atom is -0.346 e. The van der Waals surface area contributed by atoms with Gasteiger partial charge in [-0.2, -0.15) is 0 Å². The van der Waals surface area contributed by atoms with Gasteiger partial charge in [-0.25, -0.2) is 13.5 Å². The maximum absolute atomic E-state index is 13.9. The van der Waals surface area contributed by atoms with E-state index >= 15 is 0 Å². The fourth-order valence-corrected chi connectivity index (χ4v) is 6.06. The van der Waals surface area contributed by atoms with Gasteiger partial charge in [-0.15, -0.1) is 6.58 Å². The summed E-state index contributed by atoms with van der Waals surface area (Å²) < 4.78 is 15.3. The molecule has 1 aliphatic rings. The van der Waals surface area contributed by atoms with E-state index in [-0.39, 0.29) is 48.0 Å². The van der Waals surface area contributed by atoms with Crippen LogP contribution in [0.5, 0.6) is 0 Å². The van der Waals surface area contributed by atoms with E-state index in [1.165, 1.54) is 41.5 Å². The van der Waals surface area contributed by atoms with Crippen LogP contribution in [0.25, 0.3) is 0 Å². The third kappa shape index (κ3) is 17.4. The number of hydrogen-bond acceptors (Lipinski definition) is 7. The Morgan fingerprint density at radius 3 is 2.10 bits per heavy atom. The summed E-state index contributed by atoms with van der Waals surface area (Å²) in [4.78, 5) is 68.3. The van der Waals surface area contributed by atoms with Crippen LogP contribution in [0.15, 0.2) is 41.8 Å². The van der Waals surface area contributed by atoms with Gasteiger partial charge in [-0.05, 0) is 79.8 Å². The van der Waals surface area contributed by atoms with E-state index in [1.54, 1.807) is 12.1 Å². The third-order valence-electron chi connectivity index (χ3n) is 7.89. The molecule has 0 bridgehead atoms. The smallest absolute Gasteiger partial charge is 0.315 e. The van der Waals surface area contributed by atoms with Crippen molar-refractivity contribution in [1.82, 2.24) is 30.5 Å². The Morgan fingerprint density at radius 1 is 1.02 bits per heavy atom. The molecule has 1 fully saturated rings. The van der Waals surface area contributed by atoms with Gasteiger partial charge < -0.3 is 26.2 Å². The second-order valence-electron chi connectivity index (χ2n) is 14.6. The molecule has 4 unspecified atom stereocenters. The number of nitrogens with zero attached hydrogens (tertiary/aromatic N) is 2. The van der Waals surface area contributed by atoms with Gasteiger partial charge in [0.2, 0.25) is 17.6 Å². The van der Waals surface area contributed by atoms with Gasteiger partial charge >= 0.3 is 6.03 Å². The van der Waals surface area contributed by atoms with E-state index in [9.17, 15) is 28.4 Å². The molecule has 1 heterocycles. The summed E-state index contributed by atoms with van der Waals surface area (Å²) in [6.45, 7) is 26.1. The summed E-state index contributed by atoms with van der Waals surface area (Å²) in [7, 11) is 1.89. The Hall–Kier alpha value is -3.45. The van der Waals surface area contributed by atoms with Gasteiger partial charge in [0.1, 0.15) is 17.9 Å². The average Bonchev–Trinajstić information content (AvgIpc) is 3.57. The SMILES string of the molecule is C=CCNC(=O)C(=O)C(CC(C)C)NC(=O)C1CCCN1C(=O)C(NC(=O)NC(CN(C)Sc1ccc(F)cc1)C(C)(C)C)C(C)C.CC.CCC. The molecule has 2 rings (SSSR count). The van der Waals surface area contributed by atoms with E-state index < -0.39 is 41.8 Å². The van der Waals surface area contributed by atoms with Gasteiger partial charge in [0.25, 0.3) is 5.91 Å². The van der Waals surface area contributed by atoms with E-state index in [0.717, 1.165) is 4.90 Å². The Labute approximate surface area is 317 Å². The van der Waals surface area contributed by atoms with Crippen molar-refractivity contribution in [2.75, 3.05) is 26.7 Å². The molecule has 11 nitrogen and oxygen atoms in total. The summed E-state index contributed by atoms with van der Waals surface area (Å²) in [5, 5.41) is 11.1. The summed E-state index contributed by atoms with van der Waals surface area (Å²) in [6.07, 6.45) is 3.94. The zero-order chi connectivity index (χ0) is 40.2. The molecule has 0 spiro atoms. The third-order valence-corrected chi connectivity index (χ3v) is 8.84. The lowest BCUT2D eigenvalue weighted by Gasteiger charge is -2.35. The molecule has 0 aliphatic carbocycles. The van der Waals surface area contributed by atoms with Crippen molar-refractivity contribution in [3.05, 3.63) is 42.7 Å². The molecule has 4 atom stereocenters. The van der Waals surface area contributed by atoms with E-state index in [4.69, 9.17) is 0 Å². The quantitative estimate of drug-likeness (QED) is 0.0879. The first-order valence-corrected chi connectivity index (χ1v) is 19.4. The molecule has 0 saturated carbocycles. The number of likely N-dealkylation sites (N-methyl/N-ethyl adjacent to an activating group) is 1. The number of likely N-dealkylation sites (tertiary alicyclic amines) is 1. The fraction of sp³-hybridized carbons (Fsp3) is 0.667.